The zero-order chi connectivity index (χ0) is 21.6. The second kappa shape index (κ2) is 9.64. The van der Waals surface area contributed by atoms with E-state index in [1.807, 2.05) is 6.07 Å². The van der Waals surface area contributed by atoms with E-state index in [0.29, 0.717) is 11.3 Å². The fourth-order valence-corrected chi connectivity index (χ4v) is 2.88. The summed E-state index contributed by atoms with van der Waals surface area (Å²) < 4.78 is 20.9. The summed E-state index contributed by atoms with van der Waals surface area (Å²) in [5.74, 6) is -1.12. The number of nitriles is 1. The van der Waals surface area contributed by atoms with Gasteiger partial charge in [-0.25, -0.2) is 9.59 Å². The summed E-state index contributed by atoms with van der Waals surface area (Å²) in [5.41, 5.74) is 6.83. The standard InChI is InChI=1S/C21H24N2O6/c1-5-26-21(25)18-13(4)29-20(23)16(10-22)19(18)14-6-8-15(9-7-14)27-11-17(24)28-12(2)3/h6-9,12,19H,5,11,23H2,1-4H3. The van der Waals surface area contributed by atoms with Gasteiger partial charge >= 0.3 is 11.9 Å². The van der Waals surface area contributed by atoms with Gasteiger partial charge in [-0.15, -0.1) is 0 Å². The third-order valence-corrected chi connectivity index (χ3v) is 4.04. The molecule has 29 heavy (non-hydrogen) atoms. The van der Waals surface area contributed by atoms with Crippen LogP contribution < -0.4 is 10.5 Å². The molecule has 0 amide bonds. The third-order valence-electron chi connectivity index (χ3n) is 4.04. The molecule has 2 N–H and O–H groups in total. The highest BCUT2D eigenvalue weighted by atomic mass is 16.6. The number of benzene rings is 1. The summed E-state index contributed by atoms with van der Waals surface area (Å²) >= 11 is 0. The Balaban J connectivity index is 2.29. The van der Waals surface area contributed by atoms with Crippen LogP contribution in [0.4, 0.5) is 0 Å². The first kappa shape index (κ1) is 21.8. The topological polar surface area (TPSA) is 121 Å². The number of carbonyl (C=O) groups excluding carboxylic acids is 2. The molecular formula is C21H24N2O6. The number of ether oxygens (including phenoxy) is 4. The van der Waals surface area contributed by atoms with Gasteiger partial charge < -0.3 is 24.7 Å². The quantitative estimate of drug-likeness (QED) is 0.694. The Morgan fingerprint density at radius 2 is 1.93 bits per heavy atom. The average molecular weight is 400 g/mol. The predicted molar refractivity (Wildman–Crippen MR) is 103 cm³/mol. The molecule has 0 saturated heterocycles. The van der Waals surface area contributed by atoms with Crippen LogP contribution >= 0.6 is 0 Å². The van der Waals surface area contributed by atoms with E-state index in [4.69, 9.17) is 24.7 Å². The monoisotopic (exact) mass is 400 g/mol. The molecule has 8 heteroatoms. The van der Waals surface area contributed by atoms with Crippen molar-refractivity contribution in [3.8, 4) is 11.8 Å². The lowest BCUT2D eigenvalue weighted by Crippen LogP contribution is -2.25. The molecule has 0 bridgehead atoms. The van der Waals surface area contributed by atoms with E-state index in [-0.39, 0.29) is 42.1 Å². The van der Waals surface area contributed by atoms with Gasteiger partial charge in [0.15, 0.2) is 6.61 Å². The number of allylic oxidation sites excluding steroid dienone is 2. The molecule has 1 aliphatic heterocycles. The summed E-state index contributed by atoms with van der Waals surface area (Å²) in [6.07, 6.45) is -0.222. The van der Waals surface area contributed by atoms with Gasteiger partial charge in [0.1, 0.15) is 23.2 Å². The summed E-state index contributed by atoms with van der Waals surface area (Å²) in [4.78, 5) is 24.1. The molecule has 8 nitrogen and oxygen atoms in total. The van der Waals surface area contributed by atoms with Crippen LogP contribution in [0.2, 0.25) is 0 Å². The van der Waals surface area contributed by atoms with E-state index in [0.717, 1.165) is 0 Å². The van der Waals surface area contributed by atoms with Crippen LogP contribution in [0.3, 0.4) is 0 Å². The Kier molecular flexibility index (Phi) is 7.26. The zero-order valence-electron chi connectivity index (χ0n) is 16.9. The zero-order valence-corrected chi connectivity index (χ0v) is 16.9. The fraction of sp³-hybridized carbons (Fsp3) is 0.381. The molecule has 1 unspecified atom stereocenters. The Morgan fingerprint density at radius 1 is 1.28 bits per heavy atom. The molecule has 0 radical (unpaired) electrons. The number of hydrogen-bond donors (Lipinski definition) is 1. The summed E-state index contributed by atoms with van der Waals surface area (Å²) in [5, 5.41) is 9.56. The molecule has 0 saturated carbocycles. The van der Waals surface area contributed by atoms with Crippen LogP contribution in [0.15, 0.2) is 47.1 Å². The van der Waals surface area contributed by atoms with E-state index in [1.54, 1.807) is 52.0 Å². The van der Waals surface area contributed by atoms with Crippen molar-refractivity contribution in [1.82, 2.24) is 0 Å². The number of hydrogen-bond acceptors (Lipinski definition) is 8. The number of carbonyl (C=O) groups is 2. The first-order valence-electron chi connectivity index (χ1n) is 9.16. The molecule has 0 fully saturated rings. The molecule has 0 aliphatic carbocycles. The van der Waals surface area contributed by atoms with Crippen molar-refractivity contribution >= 4 is 11.9 Å². The lowest BCUT2D eigenvalue weighted by Gasteiger charge is -2.26. The largest absolute Gasteiger partial charge is 0.482 e. The maximum Gasteiger partial charge on any atom is 0.344 e. The second-order valence-electron chi connectivity index (χ2n) is 6.51. The van der Waals surface area contributed by atoms with E-state index < -0.39 is 17.9 Å². The second-order valence-corrected chi connectivity index (χ2v) is 6.51. The maximum absolute atomic E-state index is 12.5. The van der Waals surface area contributed by atoms with Gasteiger partial charge in [-0.3, -0.25) is 0 Å². The normalized spacial score (nSPS) is 16.2. The summed E-state index contributed by atoms with van der Waals surface area (Å²) in [7, 11) is 0. The Morgan fingerprint density at radius 3 is 2.48 bits per heavy atom. The predicted octanol–water partition coefficient (Wildman–Crippen LogP) is 2.66. The average Bonchev–Trinajstić information content (AvgIpc) is 2.66. The van der Waals surface area contributed by atoms with Crippen molar-refractivity contribution in [3.63, 3.8) is 0 Å². The lowest BCUT2D eigenvalue weighted by atomic mass is 9.83. The molecule has 1 aliphatic rings. The van der Waals surface area contributed by atoms with Gasteiger partial charge in [-0.1, -0.05) is 12.1 Å². The highest BCUT2D eigenvalue weighted by molar-refractivity contribution is 5.92. The maximum atomic E-state index is 12.5. The first-order chi connectivity index (χ1) is 13.8. The highest BCUT2D eigenvalue weighted by Gasteiger charge is 2.36. The van der Waals surface area contributed by atoms with E-state index in [1.165, 1.54) is 0 Å². The summed E-state index contributed by atoms with van der Waals surface area (Å²) in [6, 6.07) is 8.67. The van der Waals surface area contributed by atoms with Crippen molar-refractivity contribution in [2.45, 2.75) is 39.7 Å². The van der Waals surface area contributed by atoms with Gasteiger partial charge in [0.05, 0.1) is 24.2 Å². The Bertz CT molecular complexity index is 877. The number of esters is 2. The van der Waals surface area contributed by atoms with Crippen LogP contribution in [0.25, 0.3) is 0 Å². The van der Waals surface area contributed by atoms with Crippen LogP contribution in [0.5, 0.6) is 5.75 Å². The fourth-order valence-electron chi connectivity index (χ4n) is 2.88. The Labute approximate surface area is 169 Å². The minimum atomic E-state index is -0.729. The Hall–Kier alpha value is -3.47. The van der Waals surface area contributed by atoms with Crippen molar-refractivity contribution < 1.29 is 28.5 Å². The molecule has 1 heterocycles. The number of rotatable bonds is 7. The molecule has 0 spiro atoms. The van der Waals surface area contributed by atoms with Gasteiger partial charge in [0, 0.05) is 0 Å². The third kappa shape index (κ3) is 5.29. The minimum Gasteiger partial charge on any atom is -0.482 e. The molecular weight excluding hydrogens is 376 g/mol. The van der Waals surface area contributed by atoms with Crippen LogP contribution in [0, 0.1) is 11.3 Å². The molecule has 1 aromatic carbocycles. The van der Waals surface area contributed by atoms with E-state index >= 15 is 0 Å². The smallest absolute Gasteiger partial charge is 0.344 e. The van der Waals surface area contributed by atoms with Crippen molar-refractivity contribution in [2.24, 2.45) is 5.73 Å². The van der Waals surface area contributed by atoms with Crippen LogP contribution in [-0.4, -0.2) is 31.3 Å². The number of nitrogens with two attached hydrogens (primary N) is 1. The van der Waals surface area contributed by atoms with Gasteiger partial charge in [0.25, 0.3) is 0 Å². The number of nitrogens with zero attached hydrogens (tertiary/aromatic N) is 1. The van der Waals surface area contributed by atoms with Crippen molar-refractivity contribution in [2.75, 3.05) is 13.2 Å². The van der Waals surface area contributed by atoms with Crippen molar-refractivity contribution in [1.29, 1.82) is 5.26 Å². The van der Waals surface area contributed by atoms with Gasteiger partial charge in [-0.2, -0.15) is 5.26 Å². The van der Waals surface area contributed by atoms with Gasteiger partial charge in [0.2, 0.25) is 5.88 Å². The molecule has 2 rings (SSSR count). The molecule has 154 valence electrons. The van der Waals surface area contributed by atoms with E-state index in [2.05, 4.69) is 0 Å². The molecule has 1 aromatic rings. The van der Waals surface area contributed by atoms with Crippen molar-refractivity contribution in [3.05, 3.63) is 52.6 Å². The van der Waals surface area contributed by atoms with Gasteiger partial charge in [-0.05, 0) is 45.4 Å². The van der Waals surface area contributed by atoms with Crippen LogP contribution in [0.1, 0.15) is 39.2 Å². The molecule has 1 atom stereocenters. The van der Waals surface area contributed by atoms with Crippen LogP contribution in [-0.2, 0) is 23.8 Å². The first-order valence-corrected chi connectivity index (χ1v) is 9.16. The minimum absolute atomic E-state index is 0.0557. The van der Waals surface area contributed by atoms with E-state index in [9.17, 15) is 14.9 Å². The molecule has 0 aromatic heterocycles. The highest BCUT2D eigenvalue weighted by Crippen LogP contribution is 2.39. The lowest BCUT2D eigenvalue weighted by molar-refractivity contribution is -0.149. The summed E-state index contributed by atoms with van der Waals surface area (Å²) in [6.45, 7) is 6.75. The SMILES string of the molecule is CCOC(=O)C1=C(C)OC(N)=C(C#N)C1c1ccc(OCC(=O)OC(C)C)cc1.